The first-order valence-electron chi connectivity index (χ1n) is 7.64. The summed E-state index contributed by atoms with van der Waals surface area (Å²) in [5.41, 5.74) is -0.402. The van der Waals surface area contributed by atoms with E-state index in [1.165, 1.54) is 12.1 Å². The quantitative estimate of drug-likeness (QED) is 0.776. The first-order valence-corrected chi connectivity index (χ1v) is 7.64. The summed E-state index contributed by atoms with van der Waals surface area (Å²) in [6, 6.07) is 3.56. The Morgan fingerprint density at radius 3 is 2.77 bits per heavy atom. The highest BCUT2D eigenvalue weighted by Gasteiger charge is 2.42. The van der Waals surface area contributed by atoms with Gasteiger partial charge in [-0.3, -0.25) is 4.79 Å². The van der Waals surface area contributed by atoms with Crippen LogP contribution in [0, 0.1) is 23.5 Å². The van der Waals surface area contributed by atoms with Gasteiger partial charge < -0.3 is 9.47 Å². The van der Waals surface area contributed by atoms with Crippen LogP contribution in [0.1, 0.15) is 39.2 Å². The molecular formula is C17H22F2O3. The van der Waals surface area contributed by atoms with E-state index in [0.29, 0.717) is 25.0 Å². The zero-order valence-electron chi connectivity index (χ0n) is 13.2. The van der Waals surface area contributed by atoms with Crippen molar-refractivity contribution in [3.05, 3.63) is 35.4 Å². The molecule has 0 aromatic heterocycles. The summed E-state index contributed by atoms with van der Waals surface area (Å²) in [7, 11) is 0. The summed E-state index contributed by atoms with van der Waals surface area (Å²) in [6.45, 7) is 6.12. The number of carbonyl (C=O) groups excluding carboxylic acids is 1. The number of hydrogen-bond acceptors (Lipinski definition) is 3. The molecule has 22 heavy (non-hydrogen) atoms. The van der Waals surface area contributed by atoms with Crippen LogP contribution in [0.15, 0.2) is 18.2 Å². The van der Waals surface area contributed by atoms with Gasteiger partial charge >= 0.3 is 5.97 Å². The Balaban J connectivity index is 2.08. The third-order valence-corrected chi connectivity index (χ3v) is 4.14. The maximum atomic E-state index is 14.1. The number of hydrogen-bond donors (Lipinski definition) is 0. The molecule has 0 aliphatic carbocycles. The van der Waals surface area contributed by atoms with Crippen LogP contribution in [-0.2, 0) is 19.9 Å². The van der Waals surface area contributed by atoms with Crippen molar-refractivity contribution >= 4 is 5.97 Å². The second kappa shape index (κ2) is 6.73. The Labute approximate surface area is 129 Å². The molecule has 1 heterocycles. The molecule has 1 aliphatic heterocycles. The van der Waals surface area contributed by atoms with Crippen molar-refractivity contribution in [2.75, 3.05) is 13.2 Å². The molecule has 3 nitrogen and oxygen atoms in total. The topological polar surface area (TPSA) is 35.5 Å². The average molecular weight is 312 g/mol. The molecule has 2 atom stereocenters. The monoisotopic (exact) mass is 312 g/mol. The van der Waals surface area contributed by atoms with E-state index >= 15 is 0 Å². The number of carbonyl (C=O) groups is 1. The molecule has 1 saturated heterocycles. The van der Waals surface area contributed by atoms with E-state index in [4.69, 9.17) is 9.47 Å². The standard InChI is InChI=1S/C17H22F2O3/c1-4-17(14-6-5-13(18)7-15(14)19)8-12(10-22-17)9-21-16(20)11(2)3/h5-7,11-12H,4,8-10H2,1-3H3/t12-,17-/m1/s1. The molecule has 0 spiro atoms. The van der Waals surface area contributed by atoms with E-state index in [0.717, 1.165) is 6.07 Å². The van der Waals surface area contributed by atoms with Crippen molar-refractivity contribution < 1.29 is 23.0 Å². The minimum atomic E-state index is -0.771. The molecule has 1 aliphatic rings. The van der Waals surface area contributed by atoms with Gasteiger partial charge in [-0.25, -0.2) is 8.78 Å². The summed E-state index contributed by atoms with van der Waals surface area (Å²) in [4.78, 5) is 11.5. The molecule has 0 bridgehead atoms. The summed E-state index contributed by atoms with van der Waals surface area (Å²) in [6.07, 6.45) is 1.13. The third-order valence-electron chi connectivity index (χ3n) is 4.14. The number of halogens is 2. The lowest BCUT2D eigenvalue weighted by molar-refractivity contribution is -0.148. The minimum absolute atomic E-state index is 0.0205. The fourth-order valence-electron chi connectivity index (χ4n) is 2.82. The number of ether oxygens (including phenoxy) is 2. The Hall–Kier alpha value is -1.49. The molecular weight excluding hydrogens is 290 g/mol. The van der Waals surface area contributed by atoms with E-state index in [2.05, 4.69) is 0 Å². The van der Waals surface area contributed by atoms with Crippen LogP contribution in [0.2, 0.25) is 0 Å². The van der Waals surface area contributed by atoms with Crippen molar-refractivity contribution in [3.8, 4) is 0 Å². The van der Waals surface area contributed by atoms with Crippen LogP contribution < -0.4 is 0 Å². The van der Waals surface area contributed by atoms with Crippen LogP contribution in [-0.4, -0.2) is 19.2 Å². The lowest BCUT2D eigenvalue weighted by Gasteiger charge is -2.28. The molecule has 5 heteroatoms. The number of benzene rings is 1. The van der Waals surface area contributed by atoms with Gasteiger partial charge in [0, 0.05) is 17.5 Å². The fraction of sp³-hybridized carbons (Fsp3) is 0.588. The zero-order chi connectivity index (χ0) is 16.3. The molecule has 0 radical (unpaired) electrons. The van der Waals surface area contributed by atoms with Crippen molar-refractivity contribution in [1.29, 1.82) is 0 Å². The van der Waals surface area contributed by atoms with Gasteiger partial charge in [-0.1, -0.05) is 26.8 Å². The van der Waals surface area contributed by atoms with Crippen LogP contribution >= 0.6 is 0 Å². The van der Waals surface area contributed by atoms with Crippen LogP contribution in [0.25, 0.3) is 0 Å². The lowest BCUT2D eigenvalue weighted by atomic mass is 9.85. The van der Waals surface area contributed by atoms with E-state index in [9.17, 15) is 13.6 Å². The largest absolute Gasteiger partial charge is 0.465 e. The second-order valence-corrected chi connectivity index (χ2v) is 6.14. The molecule has 0 N–H and O–H groups in total. The normalized spacial score (nSPS) is 24.7. The highest BCUT2D eigenvalue weighted by Crippen LogP contribution is 2.43. The maximum absolute atomic E-state index is 14.1. The van der Waals surface area contributed by atoms with Crippen LogP contribution in [0.5, 0.6) is 0 Å². The third kappa shape index (κ3) is 3.46. The van der Waals surface area contributed by atoms with Gasteiger partial charge in [0.2, 0.25) is 0 Å². The smallest absolute Gasteiger partial charge is 0.308 e. The Bertz CT molecular complexity index is 545. The number of rotatable bonds is 5. The molecule has 2 rings (SSSR count). The average Bonchev–Trinajstić information content (AvgIpc) is 2.89. The molecule has 0 unspecified atom stereocenters. The van der Waals surface area contributed by atoms with Gasteiger partial charge in [-0.05, 0) is 18.9 Å². The van der Waals surface area contributed by atoms with Gasteiger partial charge in [0.25, 0.3) is 0 Å². The molecule has 0 saturated carbocycles. The Kier molecular flexibility index (Phi) is 5.16. The molecule has 1 aromatic carbocycles. The second-order valence-electron chi connectivity index (χ2n) is 6.14. The lowest BCUT2D eigenvalue weighted by Crippen LogP contribution is -2.26. The van der Waals surface area contributed by atoms with Gasteiger partial charge in [-0.15, -0.1) is 0 Å². The molecule has 0 amide bonds. The first-order chi connectivity index (χ1) is 10.4. The summed E-state index contributed by atoms with van der Waals surface area (Å²) in [5.74, 6) is -1.60. The summed E-state index contributed by atoms with van der Waals surface area (Å²) < 4.78 is 38.2. The van der Waals surface area contributed by atoms with Crippen LogP contribution in [0.4, 0.5) is 8.78 Å². The van der Waals surface area contributed by atoms with Crippen molar-refractivity contribution in [2.24, 2.45) is 11.8 Å². The van der Waals surface area contributed by atoms with Crippen molar-refractivity contribution in [3.63, 3.8) is 0 Å². The predicted octanol–water partition coefficient (Wildman–Crippen LogP) is 3.81. The Morgan fingerprint density at radius 1 is 1.45 bits per heavy atom. The van der Waals surface area contributed by atoms with Gasteiger partial charge in [0.05, 0.1) is 24.7 Å². The van der Waals surface area contributed by atoms with Gasteiger partial charge in [0.15, 0.2) is 0 Å². The zero-order valence-corrected chi connectivity index (χ0v) is 13.2. The summed E-state index contributed by atoms with van der Waals surface area (Å²) >= 11 is 0. The summed E-state index contributed by atoms with van der Waals surface area (Å²) in [5, 5.41) is 0. The molecule has 122 valence electrons. The Morgan fingerprint density at radius 2 is 2.18 bits per heavy atom. The first kappa shape index (κ1) is 16.9. The van der Waals surface area contributed by atoms with E-state index < -0.39 is 17.2 Å². The van der Waals surface area contributed by atoms with E-state index in [-0.39, 0.29) is 24.4 Å². The van der Waals surface area contributed by atoms with Crippen molar-refractivity contribution in [1.82, 2.24) is 0 Å². The van der Waals surface area contributed by atoms with Crippen LogP contribution in [0.3, 0.4) is 0 Å². The van der Waals surface area contributed by atoms with Gasteiger partial charge in [0.1, 0.15) is 11.6 Å². The van der Waals surface area contributed by atoms with Crippen molar-refractivity contribution in [2.45, 2.75) is 39.2 Å². The fourth-order valence-corrected chi connectivity index (χ4v) is 2.82. The SMILES string of the molecule is CC[C@]1(c2ccc(F)cc2F)C[C@H](COC(=O)C(C)C)CO1. The number of esters is 1. The van der Waals surface area contributed by atoms with Gasteiger partial charge in [-0.2, -0.15) is 0 Å². The highest BCUT2D eigenvalue weighted by molar-refractivity contribution is 5.71. The molecule has 1 fully saturated rings. The predicted molar refractivity (Wildman–Crippen MR) is 78.2 cm³/mol. The maximum Gasteiger partial charge on any atom is 0.308 e. The minimum Gasteiger partial charge on any atom is -0.465 e. The highest BCUT2D eigenvalue weighted by atomic mass is 19.1. The van der Waals surface area contributed by atoms with E-state index in [1.54, 1.807) is 13.8 Å². The van der Waals surface area contributed by atoms with E-state index in [1.807, 2.05) is 6.92 Å². The molecule has 1 aromatic rings.